The van der Waals surface area contributed by atoms with Gasteiger partial charge < -0.3 is 15.4 Å². The number of halogens is 1. The number of ether oxygens (including phenoxy) is 1. The monoisotopic (exact) mass is 254 g/mol. The lowest BCUT2D eigenvalue weighted by Crippen LogP contribution is -2.25. The van der Waals surface area contributed by atoms with Crippen molar-refractivity contribution in [1.29, 1.82) is 0 Å². The molecule has 1 aliphatic heterocycles. The number of benzene rings is 1. The van der Waals surface area contributed by atoms with Gasteiger partial charge in [-0.25, -0.2) is 0 Å². The molecule has 2 rings (SSSR count). The summed E-state index contributed by atoms with van der Waals surface area (Å²) in [4.78, 5) is 2.24. The van der Waals surface area contributed by atoms with Crippen LogP contribution in [-0.4, -0.2) is 25.3 Å². The lowest BCUT2D eigenvalue weighted by atomic mass is 10.2. The lowest BCUT2D eigenvalue weighted by molar-refractivity contribution is 0.0211. The molecule has 0 unspecified atom stereocenters. The smallest absolute Gasteiger partial charge is 0.0770 e. The molecule has 17 heavy (non-hydrogen) atoms. The summed E-state index contributed by atoms with van der Waals surface area (Å²) in [6.45, 7) is 6.00. The highest BCUT2D eigenvalue weighted by atomic mass is 35.5. The molecule has 0 bridgehead atoms. The largest absolute Gasteiger partial charge is 0.396 e. The van der Waals surface area contributed by atoms with Crippen LogP contribution in [0.2, 0.25) is 5.02 Å². The minimum atomic E-state index is 0.275. The van der Waals surface area contributed by atoms with Gasteiger partial charge in [0, 0.05) is 13.1 Å². The van der Waals surface area contributed by atoms with E-state index >= 15 is 0 Å². The van der Waals surface area contributed by atoms with E-state index in [1.807, 2.05) is 18.2 Å². The molecular weight excluding hydrogens is 236 g/mol. The molecule has 0 saturated carbocycles. The Labute approximate surface area is 107 Å². The van der Waals surface area contributed by atoms with Gasteiger partial charge in [-0.15, -0.1) is 0 Å². The lowest BCUT2D eigenvalue weighted by Gasteiger charge is -2.21. The molecule has 1 aliphatic rings. The van der Waals surface area contributed by atoms with Crippen molar-refractivity contribution in [2.24, 2.45) is 0 Å². The summed E-state index contributed by atoms with van der Waals surface area (Å²) in [5, 5.41) is 0.621. The van der Waals surface area contributed by atoms with Crippen LogP contribution in [0.25, 0.3) is 0 Å². The number of anilines is 2. The molecule has 1 saturated heterocycles. The van der Waals surface area contributed by atoms with Gasteiger partial charge >= 0.3 is 0 Å². The molecule has 1 aromatic carbocycles. The topological polar surface area (TPSA) is 38.5 Å². The second-order valence-electron chi connectivity index (χ2n) is 4.71. The molecule has 2 N–H and O–H groups in total. The maximum Gasteiger partial charge on any atom is 0.0770 e. The molecule has 4 heteroatoms. The van der Waals surface area contributed by atoms with Crippen molar-refractivity contribution in [2.45, 2.75) is 32.5 Å². The Hall–Kier alpha value is -0.930. The molecule has 0 spiro atoms. The van der Waals surface area contributed by atoms with Crippen LogP contribution in [0, 0.1) is 0 Å². The second-order valence-corrected chi connectivity index (χ2v) is 5.12. The maximum atomic E-state index is 6.03. The van der Waals surface area contributed by atoms with Crippen LogP contribution < -0.4 is 10.6 Å². The molecular formula is C13H19ClN2O. The summed E-state index contributed by atoms with van der Waals surface area (Å²) in [5.74, 6) is 0. The van der Waals surface area contributed by atoms with E-state index in [9.17, 15) is 0 Å². The number of rotatable bonds is 3. The summed E-state index contributed by atoms with van der Waals surface area (Å²) < 4.78 is 5.82. The third-order valence-electron chi connectivity index (χ3n) is 2.98. The van der Waals surface area contributed by atoms with Crippen LogP contribution in [-0.2, 0) is 4.74 Å². The number of hydrogen-bond donors (Lipinski definition) is 1. The van der Waals surface area contributed by atoms with Crippen LogP contribution >= 0.6 is 11.6 Å². The predicted molar refractivity (Wildman–Crippen MR) is 72.7 cm³/mol. The fraction of sp³-hybridized carbons (Fsp3) is 0.538. The molecule has 3 nitrogen and oxygen atoms in total. The first kappa shape index (κ1) is 12.5. The Morgan fingerprint density at radius 1 is 1.47 bits per heavy atom. The van der Waals surface area contributed by atoms with Crippen molar-refractivity contribution in [3.63, 3.8) is 0 Å². The van der Waals surface area contributed by atoms with E-state index in [1.54, 1.807) is 0 Å². The van der Waals surface area contributed by atoms with E-state index in [0.29, 0.717) is 16.8 Å². The van der Waals surface area contributed by atoms with Crippen molar-refractivity contribution in [3.8, 4) is 0 Å². The maximum absolute atomic E-state index is 6.03. The van der Waals surface area contributed by atoms with Crippen molar-refractivity contribution < 1.29 is 4.74 Å². The standard InChI is InChI=1S/C13H19ClN2O/c1-9(2)17-10-6-7-16(8-10)12-5-3-4-11(14)13(12)15/h3-5,9-10H,6-8,15H2,1-2H3/t10-/m1/s1. The number of para-hydroxylation sites is 1. The van der Waals surface area contributed by atoms with Crippen LogP contribution in [0.15, 0.2) is 18.2 Å². The first-order valence-corrected chi connectivity index (χ1v) is 6.40. The number of hydrogen-bond acceptors (Lipinski definition) is 3. The van der Waals surface area contributed by atoms with E-state index in [2.05, 4.69) is 18.7 Å². The van der Waals surface area contributed by atoms with Gasteiger partial charge in [0.05, 0.1) is 28.6 Å². The van der Waals surface area contributed by atoms with Crippen LogP contribution in [0.4, 0.5) is 11.4 Å². The number of nitrogens with zero attached hydrogens (tertiary/aromatic N) is 1. The zero-order chi connectivity index (χ0) is 12.4. The van der Waals surface area contributed by atoms with Crippen molar-refractivity contribution >= 4 is 23.0 Å². The fourth-order valence-corrected chi connectivity index (χ4v) is 2.41. The van der Waals surface area contributed by atoms with E-state index in [4.69, 9.17) is 22.1 Å². The normalized spacial score (nSPS) is 20.2. The third-order valence-corrected chi connectivity index (χ3v) is 3.31. The van der Waals surface area contributed by atoms with E-state index < -0.39 is 0 Å². The minimum Gasteiger partial charge on any atom is -0.396 e. The van der Waals surface area contributed by atoms with Gasteiger partial charge in [0.15, 0.2) is 0 Å². The molecule has 1 atom stereocenters. The van der Waals surface area contributed by atoms with Gasteiger partial charge in [0.1, 0.15) is 0 Å². The molecule has 1 fully saturated rings. The molecule has 0 amide bonds. The first-order valence-electron chi connectivity index (χ1n) is 6.02. The summed E-state index contributed by atoms with van der Waals surface area (Å²) in [6.07, 6.45) is 1.62. The van der Waals surface area contributed by atoms with Crippen molar-refractivity contribution in [1.82, 2.24) is 0 Å². The zero-order valence-electron chi connectivity index (χ0n) is 10.3. The molecule has 0 aliphatic carbocycles. The zero-order valence-corrected chi connectivity index (χ0v) is 11.1. The SMILES string of the molecule is CC(C)O[C@@H]1CCN(c2cccc(Cl)c2N)C1. The first-order chi connectivity index (χ1) is 8.08. The Morgan fingerprint density at radius 3 is 2.94 bits per heavy atom. The summed E-state index contributed by atoms with van der Waals surface area (Å²) in [7, 11) is 0. The van der Waals surface area contributed by atoms with Crippen molar-refractivity contribution in [3.05, 3.63) is 23.2 Å². The van der Waals surface area contributed by atoms with Crippen LogP contribution in [0.1, 0.15) is 20.3 Å². The average Bonchev–Trinajstić information content (AvgIpc) is 2.69. The minimum absolute atomic E-state index is 0.275. The Kier molecular flexibility index (Phi) is 3.79. The molecule has 0 aromatic heterocycles. The van der Waals surface area contributed by atoms with Gasteiger partial charge in [0.25, 0.3) is 0 Å². The fourth-order valence-electron chi connectivity index (χ4n) is 2.24. The Balaban J connectivity index is 2.07. The van der Waals surface area contributed by atoms with Gasteiger partial charge in [-0.1, -0.05) is 17.7 Å². The molecule has 94 valence electrons. The summed E-state index contributed by atoms with van der Waals surface area (Å²) >= 11 is 6.03. The average molecular weight is 255 g/mol. The number of nitrogen functional groups attached to an aromatic ring is 1. The highest BCUT2D eigenvalue weighted by molar-refractivity contribution is 6.33. The highest BCUT2D eigenvalue weighted by Crippen LogP contribution is 2.32. The van der Waals surface area contributed by atoms with Gasteiger partial charge in [-0.2, -0.15) is 0 Å². The molecule has 0 radical (unpaired) electrons. The van der Waals surface area contributed by atoms with Crippen LogP contribution in [0.5, 0.6) is 0 Å². The van der Waals surface area contributed by atoms with E-state index in [1.165, 1.54) is 0 Å². The van der Waals surface area contributed by atoms with E-state index in [0.717, 1.165) is 25.2 Å². The predicted octanol–water partition coefficient (Wildman–Crippen LogP) is 2.93. The molecule has 1 heterocycles. The highest BCUT2D eigenvalue weighted by Gasteiger charge is 2.25. The van der Waals surface area contributed by atoms with E-state index in [-0.39, 0.29) is 6.10 Å². The van der Waals surface area contributed by atoms with Gasteiger partial charge in [0.2, 0.25) is 0 Å². The second kappa shape index (κ2) is 5.15. The van der Waals surface area contributed by atoms with Gasteiger partial charge in [-0.3, -0.25) is 0 Å². The molecule has 1 aromatic rings. The van der Waals surface area contributed by atoms with Gasteiger partial charge in [-0.05, 0) is 32.4 Å². The number of nitrogens with two attached hydrogens (primary N) is 1. The third kappa shape index (κ3) is 2.85. The Bertz CT molecular complexity index is 395. The van der Waals surface area contributed by atoms with Crippen LogP contribution in [0.3, 0.4) is 0 Å². The summed E-state index contributed by atoms with van der Waals surface area (Å²) in [5.41, 5.74) is 7.68. The Morgan fingerprint density at radius 2 is 2.24 bits per heavy atom. The van der Waals surface area contributed by atoms with Crippen molar-refractivity contribution in [2.75, 3.05) is 23.7 Å². The quantitative estimate of drug-likeness (QED) is 0.843. The summed E-state index contributed by atoms with van der Waals surface area (Å²) in [6, 6.07) is 5.77.